The first-order chi connectivity index (χ1) is 15.6. The van der Waals surface area contributed by atoms with Crippen LogP contribution < -0.4 is 5.32 Å². The summed E-state index contributed by atoms with van der Waals surface area (Å²) in [6.45, 7) is 3.04. The smallest absolute Gasteiger partial charge is 0.289 e. The van der Waals surface area contributed by atoms with Crippen molar-refractivity contribution >= 4 is 17.5 Å². The minimum absolute atomic E-state index is 0.121. The number of anilines is 1. The second kappa shape index (κ2) is 8.23. The number of carbonyl (C=O) groups is 2. The van der Waals surface area contributed by atoms with Crippen LogP contribution in [0.5, 0.6) is 0 Å². The van der Waals surface area contributed by atoms with Gasteiger partial charge < -0.3 is 19.1 Å². The SMILES string of the molecule is Cc1ccc(C(=O)Nc2cccc(-c3cc4c(o3)CCN(C(=O)c3ccco3)C4)c2)cc1. The Morgan fingerprint density at radius 2 is 1.84 bits per heavy atom. The average Bonchev–Trinajstić information content (AvgIpc) is 3.49. The number of furan rings is 2. The van der Waals surface area contributed by atoms with Crippen LogP contribution in [-0.2, 0) is 13.0 Å². The van der Waals surface area contributed by atoms with Crippen LogP contribution in [0.15, 0.2) is 81.8 Å². The molecule has 6 nitrogen and oxygen atoms in total. The van der Waals surface area contributed by atoms with E-state index < -0.39 is 0 Å². The fourth-order valence-corrected chi connectivity index (χ4v) is 3.86. The Morgan fingerprint density at radius 3 is 2.62 bits per heavy atom. The van der Waals surface area contributed by atoms with Crippen LogP contribution in [-0.4, -0.2) is 23.3 Å². The minimum Gasteiger partial charge on any atom is -0.461 e. The van der Waals surface area contributed by atoms with Gasteiger partial charge >= 0.3 is 0 Å². The molecule has 0 spiro atoms. The lowest BCUT2D eigenvalue weighted by molar-refractivity contribution is 0.0697. The summed E-state index contributed by atoms with van der Waals surface area (Å²) in [5.74, 6) is 1.66. The number of nitrogens with zero attached hydrogens (tertiary/aromatic N) is 1. The van der Waals surface area contributed by atoms with Crippen molar-refractivity contribution in [2.75, 3.05) is 11.9 Å². The van der Waals surface area contributed by atoms with E-state index in [2.05, 4.69) is 5.32 Å². The molecule has 32 heavy (non-hydrogen) atoms. The van der Waals surface area contributed by atoms with Crippen molar-refractivity contribution in [1.29, 1.82) is 0 Å². The van der Waals surface area contributed by atoms with Crippen LogP contribution in [0.1, 0.15) is 37.8 Å². The van der Waals surface area contributed by atoms with Crippen molar-refractivity contribution in [2.45, 2.75) is 19.9 Å². The van der Waals surface area contributed by atoms with Crippen LogP contribution >= 0.6 is 0 Å². The third-order valence-corrected chi connectivity index (χ3v) is 5.60. The summed E-state index contributed by atoms with van der Waals surface area (Å²) >= 11 is 0. The van der Waals surface area contributed by atoms with E-state index in [1.165, 1.54) is 6.26 Å². The zero-order valence-corrected chi connectivity index (χ0v) is 17.6. The number of nitrogens with one attached hydrogen (secondary N) is 1. The maximum Gasteiger partial charge on any atom is 0.289 e. The summed E-state index contributed by atoms with van der Waals surface area (Å²) in [4.78, 5) is 26.9. The molecule has 0 unspecified atom stereocenters. The van der Waals surface area contributed by atoms with Crippen molar-refractivity contribution < 1.29 is 18.4 Å². The van der Waals surface area contributed by atoms with Gasteiger partial charge in [0.05, 0.1) is 6.26 Å². The summed E-state index contributed by atoms with van der Waals surface area (Å²) in [6, 6.07) is 20.4. The molecule has 4 aromatic rings. The van der Waals surface area contributed by atoms with Gasteiger partial charge in [-0.2, -0.15) is 0 Å². The van der Waals surface area contributed by atoms with Crippen molar-refractivity contribution in [3.63, 3.8) is 0 Å². The maximum atomic E-state index is 12.6. The number of hydrogen-bond acceptors (Lipinski definition) is 4. The molecule has 2 aromatic heterocycles. The first-order valence-corrected chi connectivity index (χ1v) is 10.5. The minimum atomic E-state index is -0.159. The Morgan fingerprint density at radius 1 is 1.00 bits per heavy atom. The van der Waals surface area contributed by atoms with Crippen LogP contribution in [0.25, 0.3) is 11.3 Å². The molecule has 0 saturated heterocycles. The molecule has 0 saturated carbocycles. The van der Waals surface area contributed by atoms with Gasteiger partial charge in [0.15, 0.2) is 5.76 Å². The molecule has 5 rings (SSSR count). The summed E-state index contributed by atoms with van der Waals surface area (Å²) in [6.07, 6.45) is 2.15. The number of fused-ring (bicyclic) bond motifs is 1. The van der Waals surface area contributed by atoms with E-state index in [4.69, 9.17) is 8.83 Å². The molecule has 0 fully saturated rings. The second-order valence-corrected chi connectivity index (χ2v) is 7.91. The van der Waals surface area contributed by atoms with Gasteiger partial charge in [-0.25, -0.2) is 0 Å². The molecule has 6 heteroatoms. The second-order valence-electron chi connectivity index (χ2n) is 7.91. The third-order valence-electron chi connectivity index (χ3n) is 5.60. The Hall–Kier alpha value is -4.06. The van der Waals surface area contributed by atoms with Gasteiger partial charge in [-0.15, -0.1) is 0 Å². The highest BCUT2D eigenvalue weighted by Gasteiger charge is 2.26. The quantitative estimate of drug-likeness (QED) is 0.481. The van der Waals surface area contributed by atoms with Gasteiger partial charge in [0, 0.05) is 41.9 Å². The number of benzene rings is 2. The van der Waals surface area contributed by atoms with E-state index in [1.54, 1.807) is 17.0 Å². The van der Waals surface area contributed by atoms with E-state index in [1.807, 2.05) is 61.5 Å². The molecule has 3 heterocycles. The van der Waals surface area contributed by atoms with Crippen molar-refractivity contribution in [2.24, 2.45) is 0 Å². The van der Waals surface area contributed by atoms with E-state index in [0.717, 1.165) is 22.5 Å². The van der Waals surface area contributed by atoms with Gasteiger partial charge in [0.2, 0.25) is 0 Å². The fourth-order valence-electron chi connectivity index (χ4n) is 3.86. The van der Waals surface area contributed by atoms with Crippen molar-refractivity contribution in [3.05, 3.63) is 101 Å². The molecule has 1 N–H and O–H groups in total. The lowest BCUT2D eigenvalue weighted by Gasteiger charge is -2.25. The number of hydrogen-bond donors (Lipinski definition) is 1. The topological polar surface area (TPSA) is 75.7 Å². The van der Waals surface area contributed by atoms with Crippen LogP contribution in [0.4, 0.5) is 5.69 Å². The summed E-state index contributed by atoms with van der Waals surface area (Å²) in [5, 5.41) is 2.94. The van der Waals surface area contributed by atoms with Gasteiger partial charge in [0.25, 0.3) is 11.8 Å². The molecule has 1 aliphatic rings. The average molecular weight is 426 g/mol. The Balaban J connectivity index is 1.33. The summed E-state index contributed by atoms with van der Waals surface area (Å²) in [5.41, 5.74) is 4.26. The normalized spacial score (nSPS) is 13.0. The summed E-state index contributed by atoms with van der Waals surface area (Å²) in [7, 11) is 0. The van der Waals surface area contributed by atoms with E-state index in [9.17, 15) is 9.59 Å². The first kappa shape index (κ1) is 19.9. The van der Waals surface area contributed by atoms with Gasteiger partial charge in [-0.3, -0.25) is 9.59 Å². The van der Waals surface area contributed by atoms with E-state index in [0.29, 0.717) is 42.3 Å². The Bertz CT molecular complexity index is 1270. The standard InChI is InChI=1S/C26H22N2O4/c1-17-7-9-18(10-8-17)25(29)27-21-5-2-4-19(14-21)24-15-20-16-28(12-11-22(20)32-24)26(30)23-6-3-13-31-23/h2-10,13-15H,11-12,16H2,1H3,(H,27,29). The predicted molar refractivity (Wildman–Crippen MR) is 120 cm³/mol. The molecule has 2 aromatic carbocycles. The highest BCUT2D eigenvalue weighted by atomic mass is 16.3. The Labute approximate surface area is 185 Å². The monoisotopic (exact) mass is 426 g/mol. The maximum absolute atomic E-state index is 12.6. The summed E-state index contributed by atoms with van der Waals surface area (Å²) < 4.78 is 11.3. The lowest BCUT2D eigenvalue weighted by Crippen LogP contribution is -2.35. The highest BCUT2D eigenvalue weighted by Crippen LogP contribution is 2.31. The van der Waals surface area contributed by atoms with Crippen LogP contribution in [0, 0.1) is 6.92 Å². The molecule has 2 amide bonds. The molecule has 1 aliphatic heterocycles. The number of aryl methyl sites for hydroxylation is 1. The van der Waals surface area contributed by atoms with E-state index >= 15 is 0 Å². The highest BCUT2D eigenvalue weighted by molar-refractivity contribution is 6.04. The molecule has 160 valence electrons. The van der Waals surface area contributed by atoms with Gasteiger partial charge in [0.1, 0.15) is 11.5 Å². The lowest BCUT2D eigenvalue weighted by atomic mass is 10.1. The van der Waals surface area contributed by atoms with Crippen LogP contribution in [0.3, 0.4) is 0 Å². The molecule has 0 aliphatic carbocycles. The first-order valence-electron chi connectivity index (χ1n) is 10.5. The Kier molecular flexibility index (Phi) is 5.11. The number of carbonyl (C=O) groups excluding carboxylic acids is 2. The molecule has 0 bridgehead atoms. The van der Waals surface area contributed by atoms with Gasteiger partial charge in [-0.1, -0.05) is 29.8 Å². The number of amides is 2. The van der Waals surface area contributed by atoms with E-state index in [-0.39, 0.29) is 11.8 Å². The number of rotatable bonds is 4. The molecular formula is C26H22N2O4. The molecular weight excluding hydrogens is 404 g/mol. The predicted octanol–water partition coefficient (Wildman–Crippen LogP) is 5.30. The van der Waals surface area contributed by atoms with Crippen LogP contribution in [0.2, 0.25) is 0 Å². The molecule has 0 atom stereocenters. The molecule has 0 radical (unpaired) electrons. The van der Waals surface area contributed by atoms with Gasteiger partial charge in [-0.05, 0) is 49.4 Å². The largest absolute Gasteiger partial charge is 0.461 e. The fraction of sp³-hybridized carbons (Fsp3) is 0.154. The zero-order chi connectivity index (χ0) is 22.1. The zero-order valence-electron chi connectivity index (χ0n) is 17.6. The third kappa shape index (κ3) is 3.95. The van der Waals surface area contributed by atoms with Crippen molar-refractivity contribution in [3.8, 4) is 11.3 Å². The van der Waals surface area contributed by atoms with Crippen molar-refractivity contribution in [1.82, 2.24) is 4.90 Å².